The van der Waals surface area contributed by atoms with E-state index >= 15 is 0 Å². The highest BCUT2D eigenvalue weighted by atomic mass is 14.9. The maximum atomic E-state index is 3.52. The second-order valence-corrected chi connectivity index (χ2v) is 5.42. The second kappa shape index (κ2) is 7.58. The Kier molecular flexibility index (Phi) is 6.42. The Morgan fingerprint density at radius 3 is 2.33 bits per heavy atom. The summed E-state index contributed by atoms with van der Waals surface area (Å²) >= 11 is 0. The Morgan fingerprint density at radius 1 is 1.11 bits per heavy atom. The van der Waals surface area contributed by atoms with Gasteiger partial charge in [0, 0.05) is 6.04 Å². The Labute approximate surface area is 113 Å². The summed E-state index contributed by atoms with van der Waals surface area (Å²) in [6.07, 6.45) is 5.20. The van der Waals surface area contributed by atoms with E-state index < -0.39 is 0 Å². The largest absolute Gasteiger partial charge is 0.313 e. The smallest absolute Gasteiger partial charge is 0.0346 e. The lowest BCUT2D eigenvalue weighted by molar-refractivity contribution is 0.339. The molecule has 0 bridgehead atoms. The highest BCUT2D eigenvalue weighted by molar-refractivity contribution is 5.32. The van der Waals surface area contributed by atoms with Crippen molar-refractivity contribution in [3.8, 4) is 0 Å². The average molecular weight is 247 g/mol. The van der Waals surface area contributed by atoms with Crippen LogP contribution in [0.2, 0.25) is 0 Å². The van der Waals surface area contributed by atoms with Crippen molar-refractivity contribution in [2.24, 2.45) is 5.92 Å². The standard InChI is InChI=1S/C17H29N/c1-6-8-9-15(7-2)17(18-5)16-11-10-13(3)14(4)12-16/h10-12,15,17-18H,6-9H2,1-5H3. The van der Waals surface area contributed by atoms with Crippen molar-refractivity contribution in [3.63, 3.8) is 0 Å². The second-order valence-electron chi connectivity index (χ2n) is 5.42. The van der Waals surface area contributed by atoms with Gasteiger partial charge in [0.1, 0.15) is 0 Å². The topological polar surface area (TPSA) is 12.0 Å². The first kappa shape index (κ1) is 15.2. The van der Waals surface area contributed by atoms with Gasteiger partial charge in [-0.15, -0.1) is 0 Å². The van der Waals surface area contributed by atoms with Crippen LogP contribution in [0, 0.1) is 19.8 Å². The van der Waals surface area contributed by atoms with Gasteiger partial charge >= 0.3 is 0 Å². The molecule has 1 nitrogen and oxygen atoms in total. The molecule has 0 saturated heterocycles. The molecule has 1 rings (SSSR count). The summed E-state index contributed by atoms with van der Waals surface area (Å²) in [4.78, 5) is 0. The Hall–Kier alpha value is -0.820. The van der Waals surface area contributed by atoms with Gasteiger partial charge in [-0.05, 0) is 49.9 Å². The zero-order valence-corrected chi connectivity index (χ0v) is 12.7. The average Bonchev–Trinajstić information content (AvgIpc) is 2.38. The van der Waals surface area contributed by atoms with Crippen LogP contribution in [-0.4, -0.2) is 7.05 Å². The lowest BCUT2D eigenvalue weighted by Gasteiger charge is -2.27. The molecule has 18 heavy (non-hydrogen) atoms. The van der Waals surface area contributed by atoms with Crippen molar-refractivity contribution in [2.75, 3.05) is 7.05 Å². The van der Waals surface area contributed by atoms with Gasteiger partial charge in [-0.3, -0.25) is 0 Å². The van der Waals surface area contributed by atoms with Crippen LogP contribution in [0.1, 0.15) is 62.3 Å². The van der Waals surface area contributed by atoms with E-state index in [-0.39, 0.29) is 0 Å². The molecule has 0 aliphatic carbocycles. The fourth-order valence-corrected chi connectivity index (χ4v) is 2.71. The monoisotopic (exact) mass is 247 g/mol. The van der Waals surface area contributed by atoms with E-state index in [0.717, 1.165) is 5.92 Å². The van der Waals surface area contributed by atoms with Gasteiger partial charge in [0.15, 0.2) is 0 Å². The van der Waals surface area contributed by atoms with Gasteiger partial charge in [-0.25, -0.2) is 0 Å². The molecule has 0 radical (unpaired) electrons. The number of unbranched alkanes of at least 4 members (excludes halogenated alkanes) is 1. The summed E-state index contributed by atoms with van der Waals surface area (Å²) in [6.45, 7) is 8.98. The van der Waals surface area contributed by atoms with Crippen molar-refractivity contribution in [3.05, 3.63) is 34.9 Å². The SMILES string of the molecule is CCCCC(CC)C(NC)c1ccc(C)c(C)c1. The van der Waals surface area contributed by atoms with Crippen molar-refractivity contribution < 1.29 is 0 Å². The first-order valence-electron chi connectivity index (χ1n) is 7.38. The lowest BCUT2D eigenvalue weighted by Crippen LogP contribution is -2.25. The van der Waals surface area contributed by atoms with E-state index in [4.69, 9.17) is 0 Å². The summed E-state index contributed by atoms with van der Waals surface area (Å²) < 4.78 is 0. The number of aryl methyl sites for hydroxylation is 2. The van der Waals surface area contributed by atoms with Crippen LogP contribution >= 0.6 is 0 Å². The molecule has 1 heteroatoms. The molecule has 0 spiro atoms. The molecular weight excluding hydrogens is 218 g/mol. The van der Waals surface area contributed by atoms with Crippen LogP contribution in [0.4, 0.5) is 0 Å². The van der Waals surface area contributed by atoms with E-state index in [1.165, 1.54) is 42.4 Å². The third kappa shape index (κ3) is 3.84. The molecule has 102 valence electrons. The van der Waals surface area contributed by atoms with Gasteiger partial charge in [-0.2, -0.15) is 0 Å². The van der Waals surface area contributed by atoms with Crippen LogP contribution in [0.25, 0.3) is 0 Å². The summed E-state index contributed by atoms with van der Waals surface area (Å²) in [5, 5.41) is 3.52. The summed E-state index contributed by atoms with van der Waals surface area (Å²) in [5.74, 6) is 0.747. The number of nitrogens with one attached hydrogen (secondary N) is 1. The molecule has 2 unspecified atom stereocenters. The minimum atomic E-state index is 0.501. The van der Waals surface area contributed by atoms with Gasteiger partial charge in [0.05, 0.1) is 0 Å². The predicted octanol–water partition coefficient (Wildman–Crippen LogP) is 4.78. The normalized spacial score (nSPS) is 14.5. The molecule has 1 N–H and O–H groups in total. The summed E-state index contributed by atoms with van der Waals surface area (Å²) in [7, 11) is 2.09. The Bertz CT molecular complexity index is 357. The van der Waals surface area contributed by atoms with Crippen LogP contribution in [0.5, 0.6) is 0 Å². The van der Waals surface area contributed by atoms with Crippen molar-refractivity contribution in [1.82, 2.24) is 5.32 Å². The van der Waals surface area contributed by atoms with Gasteiger partial charge in [0.2, 0.25) is 0 Å². The van der Waals surface area contributed by atoms with Crippen molar-refractivity contribution >= 4 is 0 Å². The summed E-state index contributed by atoms with van der Waals surface area (Å²) in [6, 6.07) is 7.39. The number of rotatable bonds is 7. The molecule has 0 amide bonds. The van der Waals surface area contributed by atoms with Crippen LogP contribution < -0.4 is 5.32 Å². The molecule has 1 aromatic rings. The Balaban J connectivity index is 2.88. The van der Waals surface area contributed by atoms with Gasteiger partial charge < -0.3 is 5.32 Å². The molecule has 2 atom stereocenters. The van der Waals surface area contributed by atoms with Crippen LogP contribution in [0.15, 0.2) is 18.2 Å². The van der Waals surface area contributed by atoms with Gasteiger partial charge in [-0.1, -0.05) is 51.3 Å². The summed E-state index contributed by atoms with van der Waals surface area (Å²) in [5.41, 5.74) is 4.23. The molecule has 0 heterocycles. The van der Waals surface area contributed by atoms with Crippen molar-refractivity contribution in [1.29, 1.82) is 0 Å². The maximum absolute atomic E-state index is 3.52. The zero-order chi connectivity index (χ0) is 13.5. The van der Waals surface area contributed by atoms with Crippen molar-refractivity contribution in [2.45, 2.75) is 59.4 Å². The highest BCUT2D eigenvalue weighted by Gasteiger charge is 2.19. The minimum absolute atomic E-state index is 0.501. The Morgan fingerprint density at radius 2 is 1.83 bits per heavy atom. The minimum Gasteiger partial charge on any atom is -0.313 e. The molecule has 0 aliphatic heterocycles. The van der Waals surface area contributed by atoms with E-state index in [1.807, 2.05) is 0 Å². The highest BCUT2D eigenvalue weighted by Crippen LogP contribution is 2.29. The number of hydrogen-bond acceptors (Lipinski definition) is 1. The lowest BCUT2D eigenvalue weighted by atomic mass is 9.86. The fraction of sp³-hybridized carbons (Fsp3) is 0.647. The molecule has 0 aromatic heterocycles. The molecular formula is C17H29N. The predicted molar refractivity (Wildman–Crippen MR) is 81.0 cm³/mol. The molecule has 1 aromatic carbocycles. The third-order valence-electron chi connectivity index (χ3n) is 4.13. The van der Waals surface area contributed by atoms with E-state index in [2.05, 4.69) is 58.3 Å². The maximum Gasteiger partial charge on any atom is 0.0346 e. The quantitative estimate of drug-likeness (QED) is 0.731. The number of benzene rings is 1. The molecule has 0 saturated carbocycles. The number of hydrogen-bond donors (Lipinski definition) is 1. The molecule has 0 aliphatic rings. The zero-order valence-electron chi connectivity index (χ0n) is 12.7. The molecule has 0 fully saturated rings. The van der Waals surface area contributed by atoms with Gasteiger partial charge in [0.25, 0.3) is 0 Å². The van der Waals surface area contributed by atoms with Crippen LogP contribution in [0.3, 0.4) is 0 Å². The third-order valence-corrected chi connectivity index (χ3v) is 4.13. The van der Waals surface area contributed by atoms with E-state index in [0.29, 0.717) is 6.04 Å². The van der Waals surface area contributed by atoms with Crippen LogP contribution in [-0.2, 0) is 0 Å². The van der Waals surface area contributed by atoms with E-state index in [9.17, 15) is 0 Å². The first-order chi connectivity index (χ1) is 8.63. The first-order valence-corrected chi connectivity index (χ1v) is 7.38. The fourth-order valence-electron chi connectivity index (χ4n) is 2.71. The van der Waals surface area contributed by atoms with E-state index in [1.54, 1.807) is 0 Å².